The van der Waals surface area contributed by atoms with Gasteiger partial charge in [-0.05, 0) is 68.4 Å². The first kappa shape index (κ1) is 19.9. The fourth-order valence-electron chi connectivity index (χ4n) is 7.09. The minimum absolute atomic E-state index is 0.135. The number of thioether (sulfide) groups is 1. The number of amides is 2. The quantitative estimate of drug-likeness (QED) is 0.656. The number of nitrogens with one attached hydrogen (secondary N) is 1. The summed E-state index contributed by atoms with van der Waals surface area (Å²) in [6.45, 7) is 0. The number of fused-ring (bicyclic) bond motifs is 1. The van der Waals surface area contributed by atoms with Gasteiger partial charge in [-0.25, -0.2) is 4.39 Å². The van der Waals surface area contributed by atoms with Gasteiger partial charge in [0.15, 0.2) is 0 Å². The van der Waals surface area contributed by atoms with E-state index in [1.807, 2.05) is 0 Å². The zero-order valence-corrected chi connectivity index (χ0v) is 18.5. The predicted octanol–water partition coefficient (Wildman–Crippen LogP) is 4.33. The zero-order valence-electron chi connectivity index (χ0n) is 16.9. The molecule has 31 heavy (non-hydrogen) atoms. The lowest BCUT2D eigenvalue weighted by atomic mass is 9.53. The molecule has 5 nitrogen and oxygen atoms in total. The lowest BCUT2D eigenvalue weighted by Crippen LogP contribution is -2.60. The van der Waals surface area contributed by atoms with E-state index in [9.17, 15) is 19.1 Å². The summed E-state index contributed by atoms with van der Waals surface area (Å²) < 4.78 is 13.5. The highest BCUT2D eigenvalue weighted by Crippen LogP contribution is 2.56. The lowest BCUT2D eigenvalue weighted by molar-refractivity contribution is -0.131. The standard InChI is InChI=1S/C23H24ClFN2O3S/c24-16-6-14(25)1-2-15(16)22-27-17(10-31-22)19(28)18(21(27)30)20(29)26-23-7-11-3-12(8-23)5-13(4-11)9-23/h1-2,6,11-13,17,22,28H,3-5,7-10H2,(H,26,29)/t11?,12?,13?,17?,22-,23?/m0/s1. The average molecular weight is 463 g/mol. The largest absolute Gasteiger partial charge is 0.509 e. The van der Waals surface area contributed by atoms with E-state index in [-0.39, 0.29) is 21.9 Å². The Morgan fingerprint density at radius 1 is 1.19 bits per heavy atom. The Labute approximate surface area is 189 Å². The highest BCUT2D eigenvalue weighted by Gasteiger charge is 2.54. The number of aliphatic hydroxyl groups excluding tert-OH is 1. The third-order valence-corrected chi connectivity index (χ3v) is 9.53. The second-order valence-electron chi connectivity index (χ2n) is 9.99. The number of aliphatic hydroxyl groups is 1. The summed E-state index contributed by atoms with van der Waals surface area (Å²) in [5, 5.41) is 13.8. The first-order valence-electron chi connectivity index (χ1n) is 11.0. The van der Waals surface area contributed by atoms with Gasteiger partial charge in [-0.2, -0.15) is 0 Å². The number of rotatable bonds is 3. The second kappa shape index (κ2) is 6.88. The molecule has 1 aromatic rings. The van der Waals surface area contributed by atoms with Crippen molar-refractivity contribution in [2.45, 2.75) is 55.5 Å². The van der Waals surface area contributed by atoms with E-state index in [1.165, 1.54) is 48.1 Å². The Morgan fingerprint density at radius 2 is 1.84 bits per heavy atom. The van der Waals surface area contributed by atoms with Crippen molar-refractivity contribution >= 4 is 35.2 Å². The van der Waals surface area contributed by atoms with Crippen LogP contribution in [-0.2, 0) is 9.59 Å². The first-order valence-corrected chi connectivity index (χ1v) is 12.4. The predicted molar refractivity (Wildman–Crippen MR) is 116 cm³/mol. The van der Waals surface area contributed by atoms with Gasteiger partial charge < -0.3 is 15.3 Å². The van der Waals surface area contributed by atoms with Crippen LogP contribution in [0.5, 0.6) is 0 Å². The van der Waals surface area contributed by atoms with Gasteiger partial charge >= 0.3 is 0 Å². The molecule has 2 N–H and O–H groups in total. The van der Waals surface area contributed by atoms with E-state index in [4.69, 9.17) is 11.6 Å². The van der Waals surface area contributed by atoms with Crippen LogP contribution in [0.1, 0.15) is 49.5 Å². The molecular formula is C23H24ClFN2O3S. The van der Waals surface area contributed by atoms with E-state index >= 15 is 0 Å². The van der Waals surface area contributed by atoms with E-state index in [0.717, 1.165) is 19.3 Å². The van der Waals surface area contributed by atoms with Gasteiger partial charge in [0.1, 0.15) is 28.6 Å². The van der Waals surface area contributed by atoms with Crippen LogP contribution in [0.15, 0.2) is 29.5 Å². The molecule has 1 saturated heterocycles. The molecule has 4 bridgehead atoms. The van der Waals surface area contributed by atoms with Crippen LogP contribution in [0, 0.1) is 23.6 Å². The fraction of sp³-hybridized carbons (Fsp3) is 0.565. The maximum absolute atomic E-state index is 13.5. The molecule has 2 amide bonds. The minimum Gasteiger partial charge on any atom is -0.509 e. The van der Waals surface area contributed by atoms with Gasteiger partial charge in [0.05, 0.1) is 0 Å². The number of benzene rings is 1. The molecule has 5 fully saturated rings. The fourth-order valence-corrected chi connectivity index (χ4v) is 8.90. The van der Waals surface area contributed by atoms with E-state index in [0.29, 0.717) is 29.1 Å². The van der Waals surface area contributed by atoms with Crippen LogP contribution in [0.25, 0.3) is 0 Å². The van der Waals surface area contributed by atoms with Gasteiger partial charge in [-0.3, -0.25) is 9.59 Å². The average Bonchev–Trinajstić information content (AvgIpc) is 3.20. The number of hydrogen-bond donors (Lipinski definition) is 2. The number of halogens is 2. The van der Waals surface area contributed by atoms with Crippen molar-refractivity contribution in [1.82, 2.24) is 10.2 Å². The molecule has 0 aromatic heterocycles. The Hall–Kier alpha value is -1.73. The first-order chi connectivity index (χ1) is 14.8. The highest BCUT2D eigenvalue weighted by atomic mass is 35.5. The maximum atomic E-state index is 13.5. The summed E-state index contributed by atoms with van der Waals surface area (Å²) in [6, 6.07) is 3.54. The number of hydrogen-bond acceptors (Lipinski definition) is 4. The lowest BCUT2D eigenvalue weighted by Gasteiger charge is -2.56. The molecule has 1 unspecified atom stereocenters. The van der Waals surface area contributed by atoms with Crippen LogP contribution < -0.4 is 5.32 Å². The van der Waals surface area contributed by atoms with Crippen LogP contribution in [0.2, 0.25) is 5.02 Å². The molecule has 0 radical (unpaired) electrons. The highest BCUT2D eigenvalue weighted by molar-refractivity contribution is 7.99. The van der Waals surface area contributed by atoms with Crippen LogP contribution in [-0.4, -0.2) is 39.2 Å². The van der Waals surface area contributed by atoms with Gasteiger partial charge in [0, 0.05) is 21.9 Å². The van der Waals surface area contributed by atoms with Crippen molar-refractivity contribution in [2.24, 2.45) is 17.8 Å². The van der Waals surface area contributed by atoms with Crippen molar-refractivity contribution in [2.75, 3.05) is 5.75 Å². The van der Waals surface area contributed by atoms with Gasteiger partial charge in [0.25, 0.3) is 11.8 Å². The molecule has 4 aliphatic carbocycles. The minimum atomic E-state index is -0.555. The topological polar surface area (TPSA) is 69.6 Å². The van der Waals surface area contributed by atoms with Crippen molar-refractivity contribution in [3.05, 3.63) is 45.9 Å². The van der Waals surface area contributed by atoms with Gasteiger partial charge in [0.2, 0.25) is 0 Å². The van der Waals surface area contributed by atoms with Crippen molar-refractivity contribution in [3.8, 4) is 0 Å². The normalized spacial score (nSPS) is 38.2. The zero-order chi connectivity index (χ0) is 21.5. The van der Waals surface area contributed by atoms with Crippen molar-refractivity contribution in [1.29, 1.82) is 0 Å². The Morgan fingerprint density at radius 3 is 2.45 bits per heavy atom. The second-order valence-corrected chi connectivity index (χ2v) is 11.5. The number of carbonyl (C=O) groups excluding carboxylic acids is 2. The third kappa shape index (κ3) is 3.03. The molecule has 2 aliphatic heterocycles. The summed E-state index contributed by atoms with van der Waals surface area (Å²) >= 11 is 7.70. The summed E-state index contributed by atoms with van der Waals surface area (Å²) in [7, 11) is 0. The smallest absolute Gasteiger partial charge is 0.264 e. The monoisotopic (exact) mass is 462 g/mol. The SMILES string of the molecule is O=C(NC12CC3CC(CC(C3)C1)C2)C1=C(O)C2CS[C@@H](c3ccc(F)cc3Cl)N2C1=O. The van der Waals surface area contributed by atoms with Crippen LogP contribution >= 0.6 is 23.4 Å². The summed E-state index contributed by atoms with van der Waals surface area (Å²) in [6.07, 6.45) is 6.71. The molecular weight excluding hydrogens is 439 g/mol. The maximum Gasteiger partial charge on any atom is 0.264 e. The summed E-state index contributed by atoms with van der Waals surface area (Å²) in [5.41, 5.74) is 0.240. The molecule has 0 spiro atoms. The Balaban J connectivity index is 1.25. The van der Waals surface area contributed by atoms with E-state index in [1.54, 1.807) is 6.07 Å². The summed E-state index contributed by atoms with van der Waals surface area (Å²) in [5.74, 6) is 0.934. The number of nitrogens with zero attached hydrogens (tertiary/aromatic N) is 1. The van der Waals surface area contributed by atoms with Crippen molar-refractivity contribution < 1.29 is 19.1 Å². The summed E-state index contributed by atoms with van der Waals surface area (Å²) in [4.78, 5) is 28.1. The molecule has 6 aliphatic rings. The molecule has 2 heterocycles. The molecule has 4 saturated carbocycles. The van der Waals surface area contributed by atoms with Crippen LogP contribution in [0.3, 0.4) is 0 Å². The molecule has 1 aromatic carbocycles. The molecule has 8 heteroatoms. The molecule has 2 atom stereocenters. The molecule has 7 rings (SSSR count). The Kier molecular flexibility index (Phi) is 4.42. The van der Waals surface area contributed by atoms with E-state index < -0.39 is 29.0 Å². The van der Waals surface area contributed by atoms with E-state index in [2.05, 4.69) is 5.32 Å². The van der Waals surface area contributed by atoms with Gasteiger partial charge in [-0.1, -0.05) is 17.7 Å². The van der Waals surface area contributed by atoms with Gasteiger partial charge in [-0.15, -0.1) is 11.8 Å². The third-order valence-electron chi connectivity index (χ3n) is 7.89. The van der Waals surface area contributed by atoms with Crippen LogP contribution in [0.4, 0.5) is 4.39 Å². The molecule has 164 valence electrons. The Bertz CT molecular complexity index is 993. The van der Waals surface area contributed by atoms with Crippen molar-refractivity contribution in [3.63, 3.8) is 0 Å². The number of carbonyl (C=O) groups is 2.